The van der Waals surface area contributed by atoms with E-state index in [1.54, 1.807) is 6.07 Å². The quantitative estimate of drug-likeness (QED) is 0.678. The Balaban J connectivity index is 1.45. The van der Waals surface area contributed by atoms with Gasteiger partial charge in [0.1, 0.15) is 16.7 Å². The normalized spacial score (nSPS) is 14.9. The van der Waals surface area contributed by atoms with Gasteiger partial charge in [0.25, 0.3) is 0 Å². The summed E-state index contributed by atoms with van der Waals surface area (Å²) in [5, 5.41) is 0.370. The lowest BCUT2D eigenvalue weighted by molar-refractivity contribution is 0.263. The summed E-state index contributed by atoms with van der Waals surface area (Å²) in [4.78, 5) is 15.1. The van der Waals surface area contributed by atoms with Crippen molar-refractivity contribution in [3.8, 4) is 5.75 Å². The van der Waals surface area contributed by atoms with Gasteiger partial charge in [-0.2, -0.15) is 4.98 Å². The minimum Gasteiger partial charge on any atom is -0.494 e. The second kappa shape index (κ2) is 9.80. The van der Waals surface area contributed by atoms with E-state index in [0.717, 1.165) is 63.9 Å². The van der Waals surface area contributed by atoms with Gasteiger partial charge in [0, 0.05) is 58.1 Å². The predicted octanol–water partition coefficient (Wildman–Crippen LogP) is 2.76. The molecule has 1 aromatic heterocycles. The zero-order valence-electron chi connectivity index (χ0n) is 16.6. The Bertz CT molecular complexity index is 729. The first-order valence-corrected chi connectivity index (χ1v) is 10.1. The summed E-state index contributed by atoms with van der Waals surface area (Å²) >= 11 is 5.97. The van der Waals surface area contributed by atoms with Crippen LogP contribution >= 0.6 is 11.6 Å². The van der Waals surface area contributed by atoms with Crippen LogP contribution < -0.4 is 20.3 Å². The summed E-state index contributed by atoms with van der Waals surface area (Å²) in [5.74, 6) is 1.90. The van der Waals surface area contributed by atoms with Gasteiger partial charge in [-0.25, -0.2) is 4.98 Å². The number of hydrogen-bond donors (Lipinski definition) is 1. The van der Waals surface area contributed by atoms with Crippen molar-refractivity contribution in [2.75, 3.05) is 68.5 Å². The molecule has 1 aliphatic rings. The van der Waals surface area contributed by atoms with Crippen LogP contribution in [0.25, 0.3) is 0 Å². The topological polar surface area (TPSA) is 70.8 Å². The number of piperazine rings is 1. The number of benzene rings is 1. The molecule has 0 amide bonds. The number of anilines is 3. The molecule has 7 nitrogen and oxygen atoms in total. The average molecular weight is 405 g/mol. The maximum Gasteiger partial charge on any atom is 0.223 e. The van der Waals surface area contributed by atoms with Gasteiger partial charge < -0.3 is 20.3 Å². The first-order valence-electron chi connectivity index (χ1n) is 9.76. The highest BCUT2D eigenvalue weighted by Gasteiger charge is 2.18. The van der Waals surface area contributed by atoms with Crippen LogP contribution in [0.15, 0.2) is 30.3 Å². The number of rotatable bonds is 8. The molecular formula is C20H29ClN6O. The first-order chi connectivity index (χ1) is 13.5. The molecule has 8 heteroatoms. The second-order valence-corrected chi connectivity index (χ2v) is 7.39. The van der Waals surface area contributed by atoms with E-state index in [0.29, 0.717) is 5.15 Å². The third-order valence-corrected chi connectivity index (χ3v) is 5.08. The Morgan fingerprint density at radius 2 is 1.86 bits per heavy atom. The second-order valence-electron chi connectivity index (χ2n) is 7.00. The van der Waals surface area contributed by atoms with Crippen molar-refractivity contribution in [2.45, 2.75) is 13.3 Å². The van der Waals surface area contributed by atoms with Crippen molar-refractivity contribution < 1.29 is 4.74 Å². The number of nitrogens with two attached hydrogens (primary N) is 1. The Kier molecular flexibility index (Phi) is 7.17. The van der Waals surface area contributed by atoms with Crippen molar-refractivity contribution in [2.24, 2.45) is 0 Å². The van der Waals surface area contributed by atoms with Gasteiger partial charge in [0.05, 0.1) is 6.61 Å². The van der Waals surface area contributed by atoms with Crippen LogP contribution in [-0.4, -0.2) is 67.8 Å². The molecule has 1 saturated heterocycles. The Hall–Kier alpha value is -2.25. The summed E-state index contributed by atoms with van der Waals surface area (Å²) < 4.78 is 5.66. The van der Waals surface area contributed by atoms with Gasteiger partial charge in [-0.05, 0) is 30.7 Å². The fourth-order valence-corrected chi connectivity index (χ4v) is 3.41. The molecule has 0 aliphatic carbocycles. The third kappa shape index (κ3) is 5.62. The summed E-state index contributed by atoms with van der Waals surface area (Å²) in [7, 11) is 2.00. The third-order valence-electron chi connectivity index (χ3n) is 4.89. The fourth-order valence-electron chi connectivity index (χ4n) is 3.23. The molecular weight excluding hydrogens is 376 g/mol. The number of nitrogen functional groups attached to an aromatic ring is 1. The van der Waals surface area contributed by atoms with Crippen LogP contribution in [0.1, 0.15) is 13.3 Å². The highest BCUT2D eigenvalue weighted by atomic mass is 35.5. The van der Waals surface area contributed by atoms with Crippen LogP contribution in [0, 0.1) is 0 Å². The molecule has 2 heterocycles. The lowest BCUT2D eigenvalue weighted by Gasteiger charge is -2.36. The van der Waals surface area contributed by atoms with Gasteiger partial charge >= 0.3 is 0 Å². The van der Waals surface area contributed by atoms with E-state index in [1.165, 1.54) is 5.69 Å². The predicted molar refractivity (Wildman–Crippen MR) is 116 cm³/mol. The van der Waals surface area contributed by atoms with Crippen LogP contribution in [0.2, 0.25) is 5.15 Å². The van der Waals surface area contributed by atoms with Gasteiger partial charge in [-0.1, -0.05) is 18.5 Å². The van der Waals surface area contributed by atoms with Crippen molar-refractivity contribution in [3.63, 3.8) is 0 Å². The Morgan fingerprint density at radius 3 is 2.50 bits per heavy atom. The summed E-state index contributed by atoms with van der Waals surface area (Å²) in [5.41, 5.74) is 6.94. The highest BCUT2D eigenvalue weighted by molar-refractivity contribution is 6.29. The molecule has 0 spiro atoms. The van der Waals surface area contributed by atoms with E-state index in [4.69, 9.17) is 22.1 Å². The lowest BCUT2D eigenvalue weighted by Crippen LogP contribution is -2.48. The minimum absolute atomic E-state index is 0.203. The summed E-state index contributed by atoms with van der Waals surface area (Å²) in [6.07, 6.45) is 1.02. The molecule has 3 rings (SSSR count). The monoisotopic (exact) mass is 404 g/mol. The zero-order chi connectivity index (χ0) is 19.9. The minimum atomic E-state index is 0.203. The van der Waals surface area contributed by atoms with E-state index >= 15 is 0 Å². The molecule has 0 atom stereocenters. The molecule has 2 aromatic rings. The molecule has 1 fully saturated rings. The van der Waals surface area contributed by atoms with Crippen molar-refractivity contribution >= 4 is 29.1 Å². The standard InChI is InChI=1S/C20H29ClN6O/c1-3-14-28-17-6-4-16(5-7-17)27-12-10-26(11-13-27)9-8-25(2)19-15-18(21)23-20(22)24-19/h4-7,15H,3,8-14H2,1-2H3,(H2,22,23,24). The number of ether oxygens (including phenoxy) is 1. The SMILES string of the molecule is CCCOc1ccc(N2CCN(CCN(C)c3cc(Cl)nc(N)n3)CC2)cc1. The smallest absolute Gasteiger partial charge is 0.223 e. The van der Waals surface area contributed by atoms with Crippen molar-refractivity contribution in [1.82, 2.24) is 14.9 Å². The van der Waals surface area contributed by atoms with Crippen LogP contribution in [0.3, 0.4) is 0 Å². The summed E-state index contributed by atoms with van der Waals surface area (Å²) in [6.45, 7) is 8.81. The van der Waals surface area contributed by atoms with Crippen LogP contribution in [-0.2, 0) is 0 Å². The maximum atomic E-state index is 5.97. The Morgan fingerprint density at radius 1 is 1.14 bits per heavy atom. The first kappa shape index (κ1) is 20.5. The molecule has 2 N–H and O–H groups in total. The lowest BCUT2D eigenvalue weighted by atomic mass is 10.2. The molecule has 0 saturated carbocycles. The molecule has 1 aromatic carbocycles. The van der Waals surface area contributed by atoms with Gasteiger partial charge in [-0.3, -0.25) is 4.90 Å². The molecule has 152 valence electrons. The number of hydrogen-bond acceptors (Lipinski definition) is 7. The molecule has 28 heavy (non-hydrogen) atoms. The molecule has 1 aliphatic heterocycles. The van der Waals surface area contributed by atoms with Gasteiger partial charge in [0.15, 0.2) is 0 Å². The summed E-state index contributed by atoms with van der Waals surface area (Å²) in [6, 6.07) is 10.2. The number of halogens is 1. The van der Waals surface area contributed by atoms with Crippen LogP contribution in [0.5, 0.6) is 5.75 Å². The Labute approximate surface area is 172 Å². The van der Waals surface area contributed by atoms with Gasteiger partial charge in [-0.15, -0.1) is 0 Å². The average Bonchev–Trinajstić information content (AvgIpc) is 2.70. The molecule has 0 bridgehead atoms. The largest absolute Gasteiger partial charge is 0.494 e. The van der Waals surface area contributed by atoms with Crippen molar-refractivity contribution in [3.05, 3.63) is 35.5 Å². The molecule has 0 unspecified atom stereocenters. The zero-order valence-corrected chi connectivity index (χ0v) is 17.4. The maximum absolute atomic E-state index is 5.97. The van der Waals surface area contributed by atoms with E-state index in [9.17, 15) is 0 Å². The van der Waals surface area contributed by atoms with Crippen LogP contribution in [0.4, 0.5) is 17.5 Å². The van der Waals surface area contributed by atoms with Gasteiger partial charge in [0.2, 0.25) is 5.95 Å². The van der Waals surface area contributed by atoms with Crippen molar-refractivity contribution in [1.29, 1.82) is 0 Å². The number of aromatic nitrogens is 2. The van der Waals surface area contributed by atoms with E-state index in [1.807, 2.05) is 7.05 Å². The fraction of sp³-hybridized carbons (Fsp3) is 0.500. The van der Waals surface area contributed by atoms with E-state index in [-0.39, 0.29) is 5.95 Å². The van der Waals surface area contributed by atoms with E-state index in [2.05, 4.69) is 55.9 Å². The molecule has 0 radical (unpaired) electrons. The van der Waals surface area contributed by atoms with E-state index < -0.39 is 0 Å². The number of likely N-dealkylation sites (N-methyl/N-ethyl adjacent to an activating group) is 1. The number of nitrogens with zero attached hydrogens (tertiary/aromatic N) is 5. The highest BCUT2D eigenvalue weighted by Crippen LogP contribution is 2.21.